The molecular formula is C31H30F5N3O2. The van der Waals surface area contributed by atoms with Crippen LogP contribution < -0.4 is 15.5 Å². The van der Waals surface area contributed by atoms with Crippen LogP contribution in [-0.2, 0) is 11.2 Å². The van der Waals surface area contributed by atoms with Gasteiger partial charge in [-0.25, -0.2) is 8.78 Å². The van der Waals surface area contributed by atoms with Crippen molar-refractivity contribution in [1.82, 2.24) is 10.6 Å². The molecule has 0 saturated carbocycles. The molecule has 2 atom stereocenters. The van der Waals surface area contributed by atoms with Crippen LogP contribution >= 0.6 is 0 Å². The Bertz CT molecular complexity index is 1460. The highest BCUT2D eigenvalue weighted by molar-refractivity contribution is 5.98. The minimum absolute atomic E-state index is 0.211. The lowest BCUT2D eigenvalue weighted by atomic mass is 9.88. The molecule has 1 heterocycles. The highest BCUT2D eigenvalue weighted by Crippen LogP contribution is 2.50. The van der Waals surface area contributed by atoms with E-state index in [9.17, 15) is 27.2 Å². The molecule has 1 saturated heterocycles. The molecule has 41 heavy (non-hydrogen) atoms. The van der Waals surface area contributed by atoms with Gasteiger partial charge in [0.05, 0.1) is 11.6 Å². The van der Waals surface area contributed by atoms with Crippen molar-refractivity contribution < 1.29 is 31.5 Å². The average Bonchev–Trinajstić information content (AvgIpc) is 3.53. The van der Waals surface area contributed by atoms with Crippen molar-refractivity contribution >= 4 is 17.5 Å². The minimum atomic E-state index is -4.63. The van der Waals surface area contributed by atoms with Gasteiger partial charge in [-0.1, -0.05) is 37.6 Å². The Hall–Kier alpha value is -3.95. The van der Waals surface area contributed by atoms with E-state index in [4.69, 9.17) is 0 Å². The van der Waals surface area contributed by atoms with E-state index in [0.717, 1.165) is 12.5 Å². The lowest BCUT2D eigenvalue weighted by Crippen LogP contribution is -2.37. The van der Waals surface area contributed by atoms with Gasteiger partial charge in [0.15, 0.2) is 0 Å². The number of hydrogen-bond acceptors (Lipinski definition) is 3. The molecule has 2 unspecified atom stereocenters. The quantitative estimate of drug-likeness (QED) is 0.321. The first kappa shape index (κ1) is 28.6. The molecule has 0 radical (unpaired) electrons. The van der Waals surface area contributed by atoms with Gasteiger partial charge in [-0.2, -0.15) is 13.2 Å². The van der Waals surface area contributed by atoms with Gasteiger partial charge in [-0.3, -0.25) is 9.59 Å². The number of nitrogens with zero attached hydrogens (tertiary/aromatic N) is 1. The Labute approximate surface area is 234 Å². The fourth-order valence-corrected chi connectivity index (χ4v) is 5.78. The molecule has 5 rings (SSSR count). The molecule has 0 spiro atoms. The van der Waals surface area contributed by atoms with Crippen molar-refractivity contribution in [2.24, 2.45) is 0 Å². The number of carbonyl (C=O) groups is 2. The molecule has 0 aromatic heterocycles. The van der Waals surface area contributed by atoms with Gasteiger partial charge in [0.1, 0.15) is 18.2 Å². The molecule has 216 valence electrons. The Kier molecular flexibility index (Phi) is 8.02. The minimum Gasteiger partial charge on any atom is -0.367 e. The number of amides is 2. The number of anilines is 1. The largest absolute Gasteiger partial charge is 0.405 e. The molecule has 5 nitrogen and oxygen atoms in total. The van der Waals surface area contributed by atoms with Crippen molar-refractivity contribution in [1.29, 1.82) is 0 Å². The van der Waals surface area contributed by atoms with Crippen LogP contribution in [0.2, 0.25) is 0 Å². The number of nitrogens with one attached hydrogen (secondary N) is 2. The van der Waals surface area contributed by atoms with Gasteiger partial charge in [-0.05, 0) is 77.4 Å². The summed E-state index contributed by atoms with van der Waals surface area (Å²) in [6, 6.07) is 14.0. The highest BCUT2D eigenvalue weighted by atomic mass is 19.4. The molecule has 3 aromatic rings. The summed E-state index contributed by atoms with van der Waals surface area (Å²) < 4.78 is 69.5. The zero-order valence-corrected chi connectivity index (χ0v) is 22.5. The monoisotopic (exact) mass is 571 g/mol. The van der Waals surface area contributed by atoms with Gasteiger partial charge in [0.25, 0.3) is 5.91 Å². The lowest BCUT2D eigenvalue weighted by molar-refractivity contribution is -0.138. The summed E-state index contributed by atoms with van der Waals surface area (Å²) in [5.41, 5.74) is 2.55. The zero-order valence-electron chi connectivity index (χ0n) is 22.5. The van der Waals surface area contributed by atoms with Crippen LogP contribution in [0.1, 0.15) is 59.2 Å². The SMILES string of the molecule is CCCCc1c(F)c(N2CCC(NC(=O)c3ccccc3)C2)cc2c1C(C(=O)NCC(F)(F)F)c1cc(F)ccc1-2. The van der Waals surface area contributed by atoms with Gasteiger partial charge in [0.2, 0.25) is 5.91 Å². The standard InChI is InChI=1S/C31H30F5N3O2/c1-2-3-9-22-26-24(21-11-10-19(32)14-23(21)27(26)30(41)37-17-31(34,35)36)15-25(28(22)33)39-13-12-20(16-39)38-29(40)18-7-5-4-6-8-18/h4-8,10-11,14-15,20,27H,2-3,9,12-13,16-17H2,1H3,(H,37,41)(H,38,40). The summed E-state index contributed by atoms with van der Waals surface area (Å²) in [6.45, 7) is 1.21. The first-order valence-corrected chi connectivity index (χ1v) is 13.7. The van der Waals surface area contributed by atoms with Crippen LogP contribution in [0, 0.1) is 11.6 Å². The third kappa shape index (κ3) is 5.92. The number of rotatable bonds is 8. The summed E-state index contributed by atoms with van der Waals surface area (Å²) in [7, 11) is 0. The zero-order chi connectivity index (χ0) is 29.3. The van der Waals surface area contributed by atoms with Crippen LogP contribution in [0.4, 0.5) is 27.6 Å². The maximum Gasteiger partial charge on any atom is 0.405 e. The smallest absolute Gasteiger partial charge is 0.367 e. The Balaban J connectivity index is 1.51. The maximum absolute atomic E-state index is 16.4. The second-order valence-corrected chi connectivity index (χ2v) is 10.5. The van der Waals surface area contributed by atoms with E-state index in [1.165, 1.54) is 12.1 Å². The van der Waals surface area contributed by atoms with E-state index in [-0.39, 0.29) is 40.7 Å². The van der Waals surface area contributed by atoms with Crippen LogP contribution in [-0.4, -0.2) is 43.7 Å². The third-order valence-corrected chi connectivity index (χ3v) is 7.70. The van der Waals surface area contributed by atoms with Crippen molar-refractivity contribution in [3.05, 3.63) is 88.5 Å². The van der Waals surface area contributed by atoms with Crippen molar-refractivity contribution in [3.8, 4) is 11.1 Å². The van der Waals surface area contributed by atoms with E-state index < -0.39 is 36.2 Å². The van der Waals surface area contributed by atoms with E-state index in [1.807, 2.05) is 23.2 Å². The van der Waals surface area contributed by atoms with Crippen molar-refractivity contribution in [2.75, 3.05) is 24.5 Å². The predicted molar refractivity (Wildman–Crippen MR) is 146 cm³/mol. The number of unbranched alkanes of at least 4 members (excludes halogenated alkanes) is 1. The van der Waals surface area contributed by atoms with Gasteiger partial charge < -0.3 is 15.5 Å². The number of halogens is 5. The van der Waals surface area contributed by atoms with Crippen LogP contribution in [0.3, 0.4) is 0 Å². The molecular weight excluding hydrogens is 541 g/mol. The number of carbonyl (C=O) groups excluding carboxylic acids is 2. The fraction of sp³-hybridized carbons (Fsp3) is 0.355. The summed E-state index contributed by atoms with van der Waals surface area (Å²) in [5.74, 6) is -3.64. The normalized spacial score (nSPS) is 17.8. The summed E-state index contributed by atoms with van der Waals surface area (Å²) in [4.78, 5) is 27.7. The first-order chi connectivity index (χ1) is 19.6. The van der Waals surface area contributed by atoms with E-state index in [0.29, 0.717) is 42.6 Å². The maximum atomic E-state index is 16.4. The van der Waals surface area contributed by atoms with E-state index >= 15 is 4.39 Å². The Morgan fingerprint density at radius 3 is 2.49 bits per heavy atom. The van der Waals surface area contributed by atoms with Gasteiger partial charge >= 0.3 is 6.18 Å². The third-order valence-electron chi connectivity index (χ3n) is 7.70. The Morgan fingerprint density at radius 2 is 1.78 bits per heavy atom. The topological polar surface area (TPSA) is 61.4 Å². The van der Waals surface area contributed by atoms with Gasteiger partial charge in [0, 0.05) is 24.7 Å². The van der Waals surface area contributed by atoms with Crippen LogP contribution in [0.15, 0.2) is 54.6 Å². The second-order valence-electron chi connectivity index (χ2n) is 10.5. The molecule has 2 N–H and O–H groups in total. The van der Waals surface area contributed by atoms with Crippen molar-refractivity contribution in [3.63, 3.8) is 0 Å². The first-order valence-electron chi connectivity index (χ1n) is 13.7. The Morgan fingerprint density at radius 1 is 1.02 bits per heavy atom. The molecule has 1 aliphatic heterocycles. The molecule has 1 fully saturated rings. The average molecular weight is 572 g/mol. The van der Waals surface area contributed by atoms with E-state index in [2.05, 4.69) is 5.32 Å². The fourth-order valence-electron chi connectivity index (χ4n) is 5.78. The van der Waals surface area contributed by atoms with Crippen LogP contribution in [0.25, 0.3) is 11.1 Å². The molecule has 10 heteroatoms. The number of hydrogen-bond donors (Lipinski definition) is 2. The number of fused-ring (bicyclic) bond motifs is 3. The summed E-state index contributed by atoms with van der Waals surface area (Å²) in [5, 5.41) is 4.91. The number of benzene rings is 3. The van der Waals surface area contributed by atoms with Crippen molar-refractivity contribution in [2.45, 2.75) is 50.7 Å². The lowest BCUT2D eigenvalue weighted by Gasteiger charge is -2.25. The summed E-state index contributed by atoms with van der Waals surface area (Å²) in [6.07, 6.45) is -2.47. The predicted octanol–water partition coefficient (Wildman–Crippen LogP) is 6.11. The van der Waals surface area contributed by atoms with Crippen LogP contribution in [0.5, 0.6) is 0 Å². The highest BCUT2D eigenvalue weighted by Gasteiger charge is 2.40. The number of alkyl halides is 3. The molecule has 0 bridgehead atoms. The molecule has 3 aromatic carbocycles. The second kappa shape index (κ2) is 11.5. The summed E-state index contributed by atoms with van der Waals surface area (Å²) >= 11 is 0. The van der Waals surface area contributed by atoms with E-state index in [1.54, 1.807) is 30.3 Å². The molecule has 1 aliphatic carbocycles. The molecule has 2 aliphatic rings. The molecule has 2 amide bonds. The van der Waals surface area contributed by atoms with Gasteiger partial charge in [-0.15, -0.1) is 0 Å².